The van der Waals surface area contributed by atoms with Crippen LogP contribution in [0.15, 0.2) is 78.9 Å². The van der Waals surface area contributed by atoms with Gasteiger partial charge in [-0.15, -0.1) is 0 Å². The molecule has 3 aromatic rings. The maximum atomic E-state index is 12.7. The van der Waals surface area contributed by atoms with Gasteiger partial charge in [-0.05, 0) is 80.0 Å². The monoisotopic (exact) mass is 468 g/mol. The Kier molecular flexibility index (Phi) is 8.37. The number of hydrogen-bond donors (Lipinski definition) is 1. The molecule has 35 heavy (non-hydrogen) atoms. The van der Waals surface area contributed by atoms with Gasteiger partial charge in [0.15, 0.2) is 0 Å². The summed E-state index contributed by atoms with van der Waals surface area (Å²) in [5.74, 6) is 1.02. The first-order valence-electron chi connectivity index (χ1n) is 12.1. The molecule has 0 atom stereocenters. The highest BCUT2D eigenvalue weighted by molar-refractivity contribution is 5.78. The van der Waals surface area contributed by atoms with Gasteiger partial charge in [-0.2, -0.15) is 5.26 Å². The number of piperidine rings is 1. The molecule has 0 aliphatic carbocycles. The Bertz CT molecular complexity index is 1120. The number of ether oxygens (including phenoxy) is 1. The fourth-order valence-corrected chi connectivity index (χ4v) is 4.47. The molecule has 1 amide bonds. The van der Waals surface area contributed by atoms with Crippen LogP contribution in [-0.2, 0) is 11.3 Å². The maximum Gasteiger partial charge on any atom is 0.223 e. The molecule has 0 aromatic heterocycles. The summed E-state index contributed by atoms with van der Waals surface area (Å²) in [4.78, 5) is 17.5. The van der Waals surface area contributed by atoms with E-state index in [2.05, 4.69) is 57.6 Å². The quantitative estimate of drug-likeness (QED) is 0.492. The standard InChI is InChI=1S/C29H32N4O2/c1-35-28-13-11-27(12-14-28)33(26-5-3-2-4-6-26)20-19-32-17-15-25(16-18-32)29(34)31-22-24-9-7-23(21-30)8-10-24/h2-14,25H,15-20,22H2,1H3,(H,31,34). The second kappa shape index (κ2) is 12.0. The molecule has 0 unspecified atom stereocenters. The van der Waals surface area contributed by atoms with Crippen molar-refractivity contribution in [2.24, 2.45) is 5.92 Å². The topological polar surface area (TPSA) is 68.6 Å². The average Bonchev–Trinajstić information content (AvgIpc) is 2.93. The molecule has 0 spiro atoms. The van der Waals surface area contributed by atoms with Gasteiger partial charge in [0.05, 0.1) is 18.7 Å². The molecular weight excluding hydrogens is 436 g/mol. The minimum Gasteiger partial charge on any atom is -0.497 e. The van der Waals surface area contributed by atoms with Crippen LogP contribution in [0, 0.1) is 17.2 Å². The highest BCUT2D eigenvalue weighted by atomic mass is 16.5. The maximum absolute atomic E-state index is 12.7. The third kappa shape index (κ3) is 6.62. The van der Waals surface area contributed by atoms with Crippen LogP contribution in [0.2, 0.25) is 0 Å². The molecule has 6 heteroatoms. The molecule has 0 radical (unpaired) electrons. The second-order valence-electron chi connectivity index (χ2n) is 8.83. The largest absolute Gasteiger partial charge is 0.497 e. The lowest BCUT2D eigenvalue weighted by molar-refractivity contribution is -0.126. The number of benzene rings is 3. The summed E-state index contributed by atoms with van der Waals surface area (Å²) >= 11 is 0. The van der Waals surface area contributed by atoms with Crippen molar-refractivity contribution in [1.29, 1.82) is 5.26 Å². The number of hydrogen-bond acceptors (Lipinski definition) is 5. The van der Waals surface area contributed by atoms with E-state index in [4.69, 9.17) is 10.00 Å². The third-order valence-electron chi connectivity index (χ3n) is 6.60. The number of anilines is 2. The molecule has 3 aromatic carbocycles. The molecular formula is C29H32N4O2. The number of likely N-dealkylation sites (tertiary alicyclic amines) is 1. The van der Waals surface area contributed by atoms with Crippen LogP contribution in [0.25, 0.3) is 0 Å². The van der Waals surface area contributed by atoms with Crippen LogP contribution in [0.5, 0.6) is 5.75 Å². The van der Waals surface area contributed by atoms with E-state index in [0.717, 1.165) is 61.7 Å². The highest BCUT2D eigenvalue weighted by Crippen LogP contribution is 2.27. The molecule has 6 nitrogen and oxygen atoms in total. The number of amides is 1. The smallest absolute Gasteiger partial charge is 0.223 e. The van der Waals surface area contributed by atoms with Gasteiger partial charge in [0.25, 0.3) is 0 Å². The van der Waals surface area contributed by atoms with Crippen LogP contribution in [-0.4, -0.2) is 44.1 Å². The van der Waals surface area contributed by atoms with Gasteiger partial charge in [0.1, 0.15) is 5.75 Å². The predicted octanol–water partition coefficient (Wildman–Crippen LogP) is 4.73. The lowest BCUT2D eigenvalue weighted by Gasteiger charge is -2.34. The molecule has 1 N–H and O–H groups in total. The van der Waals surface area contributed by atoms with Crippen LogP contribution in [0.3, 0.4) is 0 Å². The lowest BCUT2D eigenvalue weighted by atomic mass is 9.95. The van der Waals surface area contributed by atoms with Crippen LogP contribution in [0.4, 0.5) is 11.4 Å². The SMILES string of the molecule is COc1ccc(N(CCN2CCC(C(=O)NCc3ccc(C#N)cc3)CC2)c2ccccc2)cc1. The number of methoxy groups -OCH3 is 1. The number of nitrogens with one attached hydrogen (secondary N) is 1. The van der Waals surface area contributed by atoms with E-state index in [0.29, 0.717) is 12.1 Å². The van der Waals surface area contributed by atoms with E-state index in [1.807, 2.05) is 30.3 Å². The molecule has 180 valence electrons. The Balaban J connectivity index is 1.28. The van der Waals surface area contributed by atoms with Crippen LogP contribution < -0.4 is 15.0 Å². The number of nitrogens with zero attached hydrogens (tertiary/aromatic N) is 3. The number of carbonyl (C=O) groups excluding carboxylic acids is 1. The molecule has 0 saturated carbocycles. The minimum absolute atomic E-state index is 0.0523. The van der Waals surface area contributed by atoms with Crippen molar-refractivity contribution >= 4 is 17.3 Å². The van der Waals surface area contributed by atoms with Crippen molar-refractivity contribution in [3.8, 4) is 11.8 Å². The summed E-state index contributed by atoms with van der Waals surface area (Å²) in [6, 6.07) is 28.1. The molecule has 1 saturated heterocycles. The molecule has 1 heterocycles. The highest BCUT2D eigenvalue weighted by Gasteiger charge is 2.25. The van der Waals surface area contributed by atoms with E-state index in [1.54, 1.807) is 19.2 Å². The Morgan fingerprint density at radius 3 is 2.29 bits per heavy atom. The summed E-state index contributed by atoms with van der Waals surface area (Å²) < 4.78 is 5.32. The number of nitriles is 1. The van der Waals surface area contributed by atoms with Crippen molar-refractivity contribution in [3.63, 3.8) is 0 Å². The van der Waals surface area contributed by atoms with Crippen molar-refractivity contribution in [2.45, 2.75) is 19.4 Å². The van der Waals surface area contributed by atoms with E-state index < -0.39 is 0 Å². The summed E-state index contributed by atoms with van der Waals surface area (Å²) in [5, 5.41) is 12.0. The van der Waals surface area contributed by atoms with Crippen molar-refractivity contribution < 1.29 is 9.53 Å². The summed E-state index contributed by atoms with van der Waals surface area (Å²) in [6.07, 6.45) is 1.74. The van der Waals surface area contributed by atoms with Crippen LogP contribution >= 0.6 is 0 Å². The zero-order valence-corrected chi connectivity index (χ0v) is 20.2. The first kappa shape index (κ1) is 24.3. The Morgan fingerprint density at radius 2 is 1.66 bits per heavy atom. The van der Waals surface area contributed by atoms with Crippen molar-refractivity contribution in [3.05, 3.63) is 90.0 Å². The number of rotatable bonds is 9. The first-order chi connectivity index (χ1) is 17.2. The molecule has 0 bridgehead atoms. The molecule has 1 fully saturated rings. The van der Waals surface area contributed by atoms with Gasteiger partial charge in [-0.25, -0.2) is 0 Å². The number of carbonyl (C=O) groups is 1. The normalized spacial score (nSPS) is 14.2. The minimum atomic E-state index is 0.0523. The molecule has 1 aliphatic rings. The zero-order chi connectivity index (χ0) is 24.5. The van der Waals surface area contributed by atoms with Crippen molar-refractivity contribution in [2.75, 3.05) is 38.2 Å². The summed E-state index contributed by atoms with van der Waals surface area (Å²) in [6.45, 7) is 4.13. The fraction of sp³-hybridized carbons (Fsp3) is 0.310. The van der Waals surface area contributed by atoms with E-state index in [-0.39, 0.29) is 11.8 Å². The van der Waals surface area contributed by atoms with E-state index >= 15 is 0 Å². The summed E-state index contributed by atoms with van der Waals surface area (Å²) in [5.41, 5.74) is 3.93. The van der Waals surface area contributed by atoms with Gasteiger partial charge >= 0.3 is 0 Å². The average molecular weight is 469 g/mol. The Hall–Kier alpha value is -3.82. The van der Waals surface area contributed by atoms with Gasteiger partial charge < -0.3 is 19.9 Å². The Labute approximate surface area is 207 Å². The van der Waals surface area contributed by atoms with Gasteiger partial charge in [0.2, 0.25) is 5.91 Å². The fourth-order valence-electron chi connectivity index (χ4n) is 4.47. The summed E-state index contributed by atoms with van der Waals surface area (Å²) in [7, 11) is 1.68. The molecule has 4 rings (SSSR count). The van der Waals surface area contributed by atoms with Crippen molar-refractivity contribution in [1.82, 2.24) is 10.2 Å². The van der Waals surface area contributed by atoms with Crippen LogP contribution in [0.1, 0.15) is 24.0 Å². The zero-order valence-electron chi connectivity index (χ0n) is 20.2. The first-order valence-corrected chi connectivity index (χ1v) is 12.1. The lowest BCUT2D eigenvalue weighted by Crippen LogP contribution is -2.42. The van der Waals surface area contributed by atoms with Gasteiger partial charge in [-0.1, -0.05) is 30.3 Å². The van der Waals surface area contributed by atoms with Gasteiger partial charge in [0, 0.05) is 36.9 Å². The second-order valence-corrected chi connectivity index (χ2v) is 8.83. The molecule has 1 aliphatic heterocycles. The van der Waals surface area contributed by atoms with Gasteiger partial charge in [-0.3, -0.25) is 4.79 Å². The third-order valence-corrected chi connectivity index (χ3v) is 6.60. The number of para-hydroxylation sites is 1. The van der Waals surface area contributed by atoms with E-state index in [9.17, 15) is 4.79 Å². The Morgan fingerprint density at radius 1 is 1.00 bits per heavy atom. The predicted molar refractivity (Wildman–Crippen MR) is 139 cm³/mol. The van der Waals surface area contributed by atoms with E-state index in [1.165, 1.54) is 0 Å².